The van der Waals surface area contributed by atoms with Gasteiger partial charge in [-0.3, -0.25) is 14.1 Å². The predicted molar refractivity (Wildman–Crippen MR) is 87.1 cm³/mol. The minimum Gasteiger partial charge on any atom is -0.481 e. The summed E-state index contributed by atoms with van der Waals surface area (Å²) < 4.78 is 31.0. The largest absolute Gasteiger partial charge is 0.481 e. The molecule has 24 heavy (non-hydrogen) atoms. The first-order chi connectivity index (χ1) is 10.9. The molecule has 1 aliphatic rings. The van der Waals surface area contributed by atoms with E-state index >= 15 is 0 Å². The normalized spacial score (nSPS) is 26.1. The number of nitrogens with one attached hydrogen (secondary N) is 1. The summed E-state index contributed by atoms with van der Waals surface area (Å²) in [5.74, 6) is -1.82. The van der Waals surface area contributed by atoms with E-state index in [1.54, 1.807) is 20.8 Å². The lowest BCUT2D eigenvalue weighted by Gasteiger charge is -2.39. The molecule has 2 atom stereocenters. The Balaban J connectivity index is 2.22. The highest BCUT2D eigenvalue weighted by atomic mass is 32.2. The second-order valence-electron chi connectivity index (χ2n) is 6.94. The van der Waals surface area contributed by atoms with Crippen LogP contribution in [-0.4, -0.2) is 30.0 Å². The molecule has 8 heteroatoms. The van der Waals surface area contributed by atoms with Crippen molar-refractivity contribution in [2.24, 2.45) is 16.7 Å². The van der Waals surface area contributed by atoms with Crippen LogP contribution in [0.15, 0.2) is 29.2 Å². The molecule has 0 heterocycles. The van der Waals surface area contributed by atoms with Crippen LogP contribution >= 0.6 is 0 Å². The summed E-state index contributed by atoms with van der Waals surface area (Å²) in [5.41, 5.74) is -1.21. The SMILES string of the molecule is CC1(C)[C@H](C(=O)O)CC[C@@]1(C)C(=O)Nc1ccc(S(=O)(=O)O)cc1. The molecule has 7 nitrogen and oxygen atoms in total. The van der Waals surface area contributed by atoms with E-state index in [1.165, 1.54) is 24.3 Å². The lowest BCUT2D eigenvalue weighted by atomic mass is 9.65. The molecule has 0 aliphatic heterocycles. The fraction of sp³-hybridized carbons (Fsp3) is 0.500. The number of anilines is 1. The Kier molecular flexibility index (Phi) is 4.49. The minimum absolute atomic E-state index is 0.265. The zero-order valence-electron chi connectivity index (χ0n) is 13.7. The van der Waals surface area contributed by atoms with Crippen molar-refractivity contribution in [2.45, 2.75) is 38.5 Å². The first-order valence-electron chi connectivity index (χ1n) is 7.51. The van der Waals surface area contributed by atoms with Crippen molar-refractivity contribution < 1.29 is 27.7 Å². The van der Waals surface area contributed by atoms with Crippen molar-refractivity contribution in [1.82, 2.24) is 0 Å². The highest BCUT2D eigenvalue weighted by molar-refractivity contribution is 7.85. The number of carbonyl (C=O) groups is 2. The van der Waals surface area contributed by atoms with Crippen LogP contribution in [0, 0.1) is 16.7 Å². The quantitative estimate of drug-likeness (QED) is 0.713. The molecule has 0 radical (unpaired) electrons. The van der Waals surface area contributed by atoms with E-state index < -0.39 is 32.8 Å². The summed E-state index contributed by atoms with van der Waals surface area (Å²) in [7, 11) is -4.29. The maximum atomic E-state index is 12.7. The Morgan fingerprint density at radius 3 is 2.12 bits per heavy atom. The van der Waals surface area contributed by atoms with E-state index in [4.69, 9.17) is 4.55 Å². The molecule has 3 N–H and O–H groups in total. The van der Waals surface area contributed by atoms with E-state index in [0.717, 1.165) is 0 Å². The zero-order chi connectivity index (χ0) is 18.3. The van der Waals surface area contributed by atoms with Crippen LogP contribution < -0.4 is 5.32 Å². The topological polar surface area (TPSA) is 121 Å². The van der Waals surface area contributed by atoms with Crippen LogP contribution in [0.5, 0.6) is 0 Å². The number of hydrogen-bond acceptors (Lipinski definition) is 4. The third kappa shape index (κ3) is 3.03. The van der Waals surface area contributed by atoms with Gasteiger partial charge in [0.1, 0.15) is 0 Å². The molecule has 0 spiro atoms. The Morgan fingerprint density at radius 1 is 1.17 bits per heavy atom. The second-order valence-corrected chi connectivity index (χ2v) is 8.36. The number of carboxylic acids is 1. The number of carboxylic acid groups (broad SMARTS) is 1. The molecular formula is C16H21NO6S. The smallest absolute Gasteiger partial charge is 0.307 e. The van der Waals surface area contributed by atoms with Crippen molar-refractivity contribution >= 4 is 27.7 Å². The van der Waals surface area contributed by atoms with Crippen molar-refractivity contribution in [1.29, 1.82) is 0 Å². The first kappa shape index (κ1) is 18.4. The van der Waals surface area contributed by atoms with E-state index in [0.29, 0.717) is 18.5 Å². The lowest BCUT2D eigenvalue weighted by molar-refractivity contribution is -0.147. The Bertz CT molecular complexity index is 768. The monoisotopic (exact) mass is 355 g/mol. The van der Waals surface area contributed by atoms with Gasteiger partial charge in [0.15, 0.2) is 0 Å². The number of rotatable bonds is 4. The highest BCUT2D eigenvalue weighted by Crippen LogP contribution is 2.56. The van der Waals surface area contributed by atoms with Gasteiger partial charge in [-0.15, -0.1) is 0 Å². The van der Waals surface area contributed by atoms with Crippen LogP contribution in [-0.2, 0) is 19.7 Å². The van der Waals surface area contributed by atoms with Gasteiger partial charge >= 0.3 is 5.97 Å². The van der Waals surface area contributed by atoms with E-state index in [1.807, 2.05) is 0 Å². The molecular weight excluding hydrogens is 334 g/mol. The van der Waals surface area contributed by atoms with Crippen LogP contribution in [0.2, 0.25) is 0 Å². The standard InChI is InChI=1S/C16H21NO6S/c1-15(2)12(13(18)19)8-9-16(15,3)14(20)17-10-4-6-11(7-5-10)24(21,22)23/h4-7,12H,8-9H2,1-3H3,(H,17,20)(H,18,19)(H,21,22,23)/t12-,16-/m0/s1. The number of carbonyl (C=O) groups excluding carboxylic acids is 1. The van der Waals surface area contributed by atoms with Crippen LogP contribution in [0.3, 0.4) is 0 Å². The van der Waals surface area contributed by atoms with E-state index in [2.05, 4.69) is 5.32 Å². The number of benzene rings is 1. The van der Waals surface area contributed by atoms with Gasteiger partial charge in [-0.25, -0.2) is 0 Å². The maximum absolute atomic E-state index is 12.7. The van der Waals surface area contributed by atoms with Crippen LogP contribution in [0.25, 0.3) is 0 Å². The van der Waals surface area contributed by atoms with Gasteiger partial charge in [0, 0.05) is 5.69 Å². The number of aliphatic carboxylic acids is 1. The number of hydrogen-bond donors (Lipinski definition) is 3. The predicted octanol–water partition coefficient (Wildman–Crippen LogP) is 2.40. The molecule has 2 rings (SSSR count). The fourth-order valence-corrected chi connectivity index (χ4v) is 3.80. The Morgan fingerprint density at radius 2 is 1.71 bits per heavy atom. The summed E-state index contributed by atoms with van der Waals surface area (Å²) in [4.78, 5) is 23.9. The summed E-state index contributed by atoms with van der Waals surface area (Å²) in [6, 6.07) is 5.13. The van der Waals surface area contributed by atoms with Crippen molar-refractivity contribution in [3.8, 4) is 0 Å². The molecule has 1 amide bonds. The van der Waals surface area contributed by atoms with E-state index in [9.17, 15) is 23.1 Å². The molecule has 1 aromatic carbocycles. The fourth-order valence-electron chi connectivity index (χ4n) is 3.32. The molecule has 0 aromatic heterocycles. The van der Waals surface area contributed by atoms with Gasteiger partial charge in [-0.2, -0.15) is 8.42 Å². The zero-order valence-corrected chi connectivity index (χ0v) is 14.6. The maximum Gasteiger partial charge on any atom is 0.307 e. The van der Waals surface area contributed by atoms with Crippen molar-refractivity contribution in [3.05, 3.63) is 24.3 Å². The van der Waals surface area contributed by atoms with Crippen molar-refractivity contribution in [3.63, 3.8) is 0 Å². The summed E-state index contributed by atoms with van der Waals surface area (Å²) in [6.07, 6.45) is 0.875. The van der Waals surface area contributed by atoms with Gasteiger partial charge in [0.05, 0.1) is 16.2 Å². The minimum atomic E-state index is -4.29. The van der Waals surface area contributed by atoms with E-state index in [-0.39, 0.29) is 10.8 Å². The van der Waals surface area contributed by atoms with Crippen molar-refractivity contribution in [2.75, 3.05) is 5.32 Å². The van der Waals surface area contributed by atoms with Gasteiger partial charge in [0.2, 0.25) is 5.91 Å². The summed E-state index contributed by atoms with van der Waals surface area (Å²) in [5, 5.41) is 12.1. The molecule has 0 bridgehead atoms. The van der Waals surface area contributed by atoms with Crippen LogP contribution in [0.4, 0.5) is 5.69 Å². The number of amides is 1. The molecule has 1 aliphatic carbocycles. The second kappa shape index (κ2) is 5.86. The van der Waals surface area contributed by atoms with Gasteiger partial charge in [-0.1, -0.05) is 20.8 Å². The highest BCUT2D eigenvalue weighted by Gasteiger charge is 2.58. The van der Waals surface area contributed by atoms with Gasteiger partial charge in [-0.05, 0) is 42.5 Å². The average Bonchev–Trinajstić information content (AvgIpc) is 2.70. The van der Waals surface area contributed by atoms with Gasteiger partial charge < -0.3 is 10.4 Å². The molecule has 132 valence electrons. The molecule has 1 saturated carbocycles. The average molecular weight is 355 g/mol. The third-order valence-electron chi connectivity index (χ3n) is 5.44. The van der Waals surface area contributed by atoms with Gasteiger partial charge in [0.25, 0.3) is 10.1 Å². The molecule has 1 fully saturated rings. The van der Waals surface area contributed by atoms with Crippen LogP contribution in [0.1, 0.15) is 33.6 Å². The summed E-state index contributed by atoms with van der Waals surface area (Å²) >= 11 is 0. The first-order valence-corrected chi connectivity index (χ1v) is 8.95. The Labute approximate surface area is 140 Å². The lowest BCUT2D eigenvalue weighted by Crippen LogP contribution is -2.45. The third-order valence-corrected chi connectivity index (χ3v) is 6.30. The molecule has 0 unspecified atom stereocenters. The molecule has 0 saturated heterocycles. The molecule has 1 aromatic rings. The Hall–Kier alpha value is -1.93. The summed E-state index contributed by atoms with van der Waals surface area (Å²) in [6.45, 7) is 5.30.